The molecule has 0 spiro atoms. The molecule has 1 aromatic heterocycles. The van der Waals surface area contributed by atoms with Crippen molar-refractivity contribution >= 4 is 11.6 Å². The zero-order valence-corrected chi connectivity index (χ0v) is 18.9. The summed E-state index contributed by atoms with van der Waals surface area (Å²) in [7, 11) is 4.81. The summed E-state index contributed by atoms with van der Waals surface area (Å²) in [5.74, 6) is 2.58. The van der Waals surface area contributed by atoms with E-state index in [1.165, 1.54) is 0 Å². The van der Waals surface area contributed by atoms with Gasteiger partial charge < -0.3 is 23.9 Å². The molecule has 0 radical (unpaired) electrons. The number of benzene rings is 2. The highest BCUT2D eigenvalue weighted by molar-refractivity contribution is 6.03. The van der Waals surface area contributed by atoms with Crippen molar-refractivity contribution in [1.82, 2.24) is 0 Å². The molecule has 164 valence electrons. The Bertz CT molecular complexity index is 1060. The fourth-order valence-electron chi connectivity index (χ4n) is 3.26. The summed E-state index contributed by atoms with van der Waals surface area (Å²) in [4.78, 5) is 12.8. The van der Waals surface area contributed by atoms with Crippen molar-refractivity contribution < 1.29 is 23.4 Å². The van der Waals surface area contributed by atoms with E-state index in [9.17, 15) is 4.79 Å². The molecule has 0 fully saturated rings. The lowest BCUT2D eigenvalue weighted by Gasteiger charge is -2.21. The van der Waals surface area contributed by atoms with Crippen LogP contribution in [0.5, 0.6) is 17.2 Å². The van der Waals surface area contributed by atoms with Crippen molar-refractivity contribution in [3.63, 3.8) is 0 Å². The molecule has 3 rings (SSSR count). The summed E-state index contributed by atoms with van der Waals surface area (Å²) in [6, 6.07) is 14.8. The molecule has 0 saturated heterocycles. The Hall–Kier alpha value is -3.41. The molecule has 0 atom stereocenters. The molecule has 6 heteroatoms. The van der Waals surface area contributed by atoms with Gasteiger partial charge in [0, 0.05) is 12.0 Å². The predicted molar refractivity (Wildman–Crippen MR) is 121 cm³/mol. The average Bonchev–Trinajstić information content (AvgIpc) is 3.21. The largest absolute Gasteiger partial charge is 0.497 e. The van der Waals surface area contributed by atoms with Crippen LogP contribution in [0.25, 0.3) is 0 Å². The van der Waals surface area contributed by atoms with Crippen LogP contribution in [0.3, 0.4) is 0 Å². The number of carbonyl (C=O) groups is 1. The van der Waals surface area contributed by atoms with Crippen LogP contribution >= 0.6 is 0 Å². The van der Waals surface area contributed by atoms with E-state index in [0.29, 0.717) is 23.6 Å². The van der Waals surface area contributed by atoms with Gasteiger partial charge in [0.2, 0.25) is 0 Å². The monoisotopic (exact) mass is 423 g/mol. The number of anilines is 1. The number of ether oxygens (including phenoxy) is 3. The van der Waals surface area contributed by atoms with Crippen molar-refractivity contribution in [1.29, 1.82) is 0 Å². The Morgan fingerprint density at radius 3 is 2.26 bits per heavy atom. The fourth-order valence-corrected chi connectivity index (χ4v) is 3.26. The van der Waals surface area contributed by atoms with Crippen LogP contribution in [0.1, 0.15) is 48.2 Å². The van der Waals surface area contributed by atoms with E-state index in [2.05, 4.69) is 26.1 Å². The van der Waals surface area contributed by atoms with Crippen molar-refractivity contribution in [3.05, 3.63) is 71.2 Å². The molecule has 0 aliphatic heterocycles. The zero-order valence-electron chi connectivity index (χ0n) is 18.9. The Labute approximate surface area is 183 Å². The van der Waals surface area contributed by atoms with E-state index in [1.807, 2.05) is 36.4 Å². The summed E-state index contributed by atoms with van der Waals surface area (Å²) >= 11 is 0. The van der Waals surface area contributed by atoms with Gasteiger partial charge in [-0.3, -0.25) is 4.79 Å². The summed E-state index contributed by atoms with van der Waals surface area (Å²) in [6.07, 6.45) is 0.469. The predicted octanol–water partition coefficient (Wildman–Crippen LogP) is 5.45. The molecule has 0 bridgehead atoms. The SMILES string of the molecule is COc1ccc(OC)c(Cc2ccc(C(=O)Nc3cc(C(C)(C)C)ccc3OC)o2)c1. The summed E-state index contributed by atoms with van der Waals surface area (Å²) in [5, 5.41) is 2.91. The first-order valence-electron chi connectivity index (χ1n) is 10.0. The second-order valence-corrected chi connectivity index (χ2v) is 8.24. The van der Waals surface area contributed by atoms with Crippen LogP contribution in [0.4, 0.5) is 5.69 Å². The van der Waals surface area contributed by atoms with Crippen LogP contribution in [0.2, 0.25) is 0 Å². The fraction of sp³-hybridized carbons (Fsp3) is 0.320. The molecule has 1 amide bonds. The third-order valence-electron chi connectivity index (χ3n) is 5.05. The Morgan fingerprint density at radius 1 is 0.903 bits per heavy atom. The second kappa shape index (κ2) is 9.16. The maximum Gasteiger partial charge on any atom is 0.291 e. The smallest absolute Gasteiger partial charge is 0.291 e. The van der Waals surface area contributed by atoms with Crippen LogP contribution in [0, 0.1) is 0 Å². The number of nitrogens with one attached hydrogen (secondary N) is 1. The average molecular weight is 424 g/mol. The van der Waals surface area contributed by atoms with E-state index in [1.54, 1.807) is 33.5 Å². The minimum absolute atomic E-state index is 0.0562. The minimum atomic E-state index is -0.340. The first-order chi connectivity index (χ1) is 14.7. The molecule has 6 nitrogen and oxygen atoms in total. The van der Waals surface area contributed by atoms with Gasteiger partial charge in [0.1, 0.15) is 23.0 Å². The van der Waals surface area contributed by atoms with Crippen LogP contribution in [0.15, 0.2) is 52.9 Å². The van der Waals surface area contributed by atoms with Crippen molar-refractivity contribution in [2.45, 2.75) is 32.6 Å². The molecule has 31 heavy (non-hydrogen) atoms. The molecular weight excluding hydrogens is 394 g/mol. The van der Waals surface area contributed by atoms with Gasteiger partial charge in [0.05, 0.1) is 27.0 Å². The number of hydrogen-bond donors (Lipinski definition) is 1. The maximum absolute atomic E-state index is 12.8. The Morgan fingerprint density at radius 2 is 1.61 bits per heavy atom. The van der Waals surface area contributed by atoms with Gasteiger partial charge in [-0.05, 0) is 53.4 Å². The molecule has 0 unspecified atom stereocenters. The Kier molecular flexibility index (Phi) is 6.59. The van der Waals surface area contributed by atoms with Gasteiger partial charge in [-0.1, -0.05) is 26.8 Å². The number of hydrogen-bond acceptors (Lipinski definition) is 5. The van der Waals surface area contributed by atoms with Crippen molar-refractivity contribution in [2.75, 3.05) is 26.6 Å². The third-order valence-corrected chi connectivity index (χ3v) is 5.05. The van der Waals surface area contributed by atoms with E-state index in [-0.39, 0.29) is 17.1 Å². The number of methoxy groups -OCH3 is 3. The highest BCUT2D eigenvalue weighted by Gasteiger charge is 2.19. The quantitative estimate of drug-likeness (QED) is 0.547. The molecule has 0 saturated carbocycles. The minimum Gasteiger partial charge on any atom is -0.497 e. The standard InChI is InChI=1S/C25H29NO5/c1-25(2,3)17-7-10-22(30-6)20(15-17)26-24(27)23-12-9-19(31-23)14-16-13-18(28-4)8-11-21(16)29-5/h7-13,15H,14H2,1-6H3,(H,26,27). The normalized spacial score (nSPS) is 11.2. The first kappa shape index (κ1) is 22.3. The Balaban J connectivity index is 1.80. The summed E-state index contributed by atoms with van der Waals surface area (Å²) in [6.45, 7) is 6.35. The van der Waals surface area contributed by atoms with E-state index in [4.69, 9.17) is 18.6 Å². The number of amides is 1. The van der Waals surface area contributed by atoms with Gasteiger partial charge in [-0.25, -0.2) is 0 Å². The number of carbonyl (C=O) groups excluding carboxylic acids is 1. The molecule has 1 N–H and O–H groups in total. The topological polar surface area (TPSA) is 69.9 Å². The lowest BCUT2D eigenvalue weighted by molar-refractivity contribution is 0.0994. The third kappa shape index (κ3) is 5.20. The zero-order chi connectivity index (χ0) is 22.6. The molecule has 1 heterocycles. The van der Waals surface area contributed by atoms with Crippen LogP contribution in [-0.2, 0) is 11.8 Å². The first-order valence-corrected chi connectivity index (χ1v) is 10.0. The van der Waals surface area contributed by atoms with Crippen molar-refractivity contribution in [3.8, 4) is 17.2 Å². The molecule has 2 aromatic carbocycles. The molecule has 3 aromatic rings. The lowest BCUT2D eigenvalue weighted by atomic mass is 9.87. The molecular formula is C25H29NO5. The van der Waals surface area contributed by atoms with Gasteiger partial charge in [-0.2, -0.15) is 0 Å². The maximum atomic E-state index is 12.8. The van der Waals surface area contributed by atoms with E-state index < -0.39 is 0 Å². The van der Waals surface area contributed by atoms with Gasteiger partial charge in [-0.15, -0.1) is 0 Å². The van der Waals surface area contributed by atoms with E-state index in [0.717, 1.165) is 22.6 Å². The van der Waals surface area contributed by atoms with Crippen LogP contribution in [-0.4, -0.2) is 27.2 Å². The second-order valence-electron chi connectivity index (χ2n) is 8.24. The number of furan rings is 1. The van der Waals surface area contributed by atoms with Crippen molar-refractivity contribution in [2.24, 2.45) is 0 Å². The highest BCUT2D eigenvalue weighted by Crippen LogP contribution is 2.32. The van der Waals surface area contributed by atoms with Gasteiger partial charge in [0.15, 0.2) is 5.76 Å². The van der Waals surface area contributed by atoms with E-state index >= 15 is 0 Å². The van der Waals surface area contributed by atoms with Crippen LogP contribution < -0.4 is 19.5 Å². The number of rotatable bonds is 7. The lowest BCUT2D eigenvalue weighted by Crippen LogP contribution is -2.15. The molecule has 0 aliphatic rings. The highest BCUT2D eigenvalue weighted by atomic mass is 16.5. The summed E-state index contributed by atoms with van der Waals surface area (Å²) < 4.78 is 21.9. The molecule has 0 aliphatic carbocycles. The van der Waals surface area contributed by atoms with Gasteiger partial charge in [0.25, 0.3) is 5.91 Å². The summed E-state index contributed by atoms with van der Waals surface area (Å²) in [5.41, 5.74) is 2.54. The van der Waals surface area contributed by atoms with Gasteiger partial charge >= 0.3 is 0 Å².